The zero-order valence-electron chi connectivity index (χ0n) is 22.7. The van der Waals surface area contributed by atoms with Gasteiger partial charge in [-0.2, -0.15) is 16.8 Å². The van der Waals surface area contributed by atoms with Gasteiger partial charge in [-0.25, -0.2) is 0 Å². The number of amides is 1. The van der Waals surface area contributed by atoms with Crippen molar-refractivity contribution < 1.29 is 40.6 Å². The highest BCUT2D eigenvalue weighted by molar-refractivity contribution is 7.86. The van der Waals surface area contributed by atoms with Gasteiger partial charge in [-0.15, -0.1) is 10.2 Å². The maximum Gasteiger partial charge on any atom is 0.296 e. The minimum atomic E-state index is -5.09. The molecular formula is C30H23N3O9S2. The van der Waals surface area contributed by atoms with Gasteiger partial charge in [-0.3, -0.25) is 13.9 Å². The number of para-hydroxylation sites is 2. The molecule has 0 fully saturated rings. The van der Waals surface area contributed by atoms with Crippen LogP contribution in [0.4, 0.5) is 17.1 Å². The van der Waals surface area contributed by atoms with Crippen LogP contribution in [0, 0.1) is 6.92 Å². The quantitative estimate of drug-likeness (QED) is 0.105. The Hall–Kier alpha value is -5.15. The number of benzene rings is 5. The van der Waals surface area contributed by atoms with E-state index in [1.807, 2.05) is 19.1 Å². The van der Waals surface area contributed by atoms with E-state index in [4.69, 9.17) is 4.74 Å². The molecule has 0 saturated heterocycles. The summed E-state index contributed by atoms with van der Waals surface area (Å²) in [6.07, 6.45) is 0. The molecule has 0 aliphatic carbocycles. The summed E-state index contributed by atoms with van der Waals surface area (Å²) in [5.41, 5.74) is 0.131. The van der Waals surface area contributed by atoms with Crippen LogP contribution in [0.15, 0.2) is 117 Å². The molecule has 0 aromatic heterocycles. The second-order valence-electron chi connectivity index (χ2n) is 9.45. The first kappa shape index (κ1) is 30.3. The summed E-state index contributed by atoms with van der Waals surface area (Å²) in [5.74, 6) is -0.798. The summed E-state index contributed by atoms with van der Waals surface area (Å²) in [6, 6.07) is 24.0. The zero-order chi connectivity index (χ0) is 31.6. The van der Waals surface area contributed by atoms with Crippen molar-refractivity contribution in [2.24, 2.45) is 10.2 Å². The van der Waals surface area contributed by atoms with E-state index in [0.29, 0.717) is 5.75 Å². The highest BCUT2D eigenvalue weighted by atomic mass is 32.2. The van der Waals surface area contributed by atoms with Gasteiger partial charge < -0.3 is 15.2 Å². The van der Waals surface area contributed by atoms with Crippen LogP contribution in [-0.2, 0) is 20.2 Å². The first-order valence-electron chi connectivity index (χ1n) is 12.7. The van der Waals surface area contributed by atoms with E-state index in [0.717, 1.165) is 23.8 Å². The normalized spacial score (nSPS) is 12.0. The summed E-state index contributed by atoms with van der Waals surface area (Å²) in [5, 5.41) is 21.3. The van der Waals surface area contributed by atoms with Gasteiger partial charge in [-0.1, -0.05) is 48.5 Å². The molecule has 0 bridgehead atoms. The number of phenols is 1. The van der Waals surface area contributed by atoms with Gasteiger partial charge in [0.25, 0.3) is 26.1 Å². The number of fused-ring (bicyclic) bond motifs is 1. The largest absolute Gasteiger partial charge is 0.505 e. The monoisotopic (exact) mass is 633 g/mol. The number of hydrogen-bond acceptors (Lipinski definition) is 9. The van der Waals surface area contributed by atoms with Crippen molar-refractivity contribution in [2.75, 3.05) is 5.32 Å². The van der Waals surface area contributed by atoms with Crippen LogP contribution in [0.25, 0.3) is 10.8 Å². The van der Waals surface area contributed by atoms with Gasteiger partial charge in [0.05, 0.1) is 10.6 Å². The van der Waals surface area contributed by atoms with E-state index in [9.17, 15) is 35.8 Å². The van der Waals surface area contributed by atoms with Crippen molar-refractivity contribution in [1.29, 1.82) is 0 Å². The predicted molar refractivity (Wildman–Crippen MR) is 162 cm³/mol. The van der Waals surface area contributed by atoms with Crippen molar-refractivity contribution in [3.63, 3.8) is 0 Å². The van der Waals surface area contributed by atoms with Gasteiger partial charge in [0.15, 0.2) is 11.5 Å². The summed E-state index contributed by atoms with van der Waals surface area (Å²) in [6.45, 7) is 1.84. The summed E-state index contributed by atoms with van der Waals surface area (Å²) >= 11 is 0. The number of hydrogen-bond donors (Lipinski definition) is 4. The van der Waals surface area contributed by atoms with Gasteiger partial charge in [-0.05, 0) is 66.4 Å². The number of nitrogens with one attached hydrogen (secondary N) is 1. The van der Waals surface area contributed by atoms with E-state index < -0.39 is 47.4 Å². The number of aryl methyl sites for hydroxylation is 1. The third-order valence-electron chi connectivity index (χ3n) is 6.42. The van der Waals surface area contributed by atoms with Crippen LogP contribution in [0.2, 0.25) is 0 Å². The van der Waals surface area contributed by atoms with Gasteiger partial charge in [0.2, 0.25) is 0 Å². The van der Waals surface area contributed by atoms with Gasteiger partial charge >= 0.3 is 0 Å². The molecule has 4 N–H and O–H groups in total. The minimum absolute atomic E-state index is 0.135. The molecular weight excluding hydrogens is 610 g/mol. The summed E-state index contributed by atoms with van der Waals surface area (Å²) < 4.78 is 74.6. The zero-order valence-corrected chi connectivity index (χ0v) is 24.4. The first-order chi connectivity index (χ1) is 20.8. The smallest absolute Gasteiger partial charge is 0.296 e. The number of phenolic OH excluding ortho intramolecular Hbond substituents is 1. The van der Waals surface area contributed by atoms with E-state index >= 15 is 0 Å². The van der Waals surface area contributed by atoms with Crippen LogP contribution in [0.3, 0.4) is 0 Å². The lowest BCUT2D eigenvalue weighted by molar-refractivity contribution is 0.102. The predicted octanol–water partition coefficient (Wildman–Crippen LogP) is 6.81. The molecule has 5 rings (SSSR count). The molecule has 1 amide bonds. The Morgan fingerprint density at radius 2 is 1.41 bits per heavy atom. The molecule has 12 nitrogen and oxygen atoms in total. The Morgan fingerprint density at radius 3 is 2.07 bits per heavy atom. The molecule has 0 aliphatic heterocycles. The molecule has 5 aromatic carbocycles. The maximum absolute atomic E-state index is 13.0. The number of rotatable bonds is 8. The lowest BCUT2D eigenvalue weighted by atomic mass is 10.1. The second-order valence-corrected chi connectivity index (χ2v) is 12.3. The van der Waals surface area contributed by atoms with Crippen molar-refractivity contribution in [1.82, 2.24) is 0 Å². The Kier molecular flexibility index (Phi) is 8.17. The molecule has 14 heteroatoms. The van der Waals surface area contributed by atoms with Gasteiger partial charge in [0.1, 0.15) is 22.0 Å². The van der Waals surface area contributed by atoms with Crippen molar-refractivity contribution in [3.8, 4) is 17.2 Å². The first-order valence-corrected chi connectivity index (χ1v) is 15.6. The Labute approximate surface area is 251 Å². The number of azo groups is 1. The fourth-order valence-electron chi connectivity index (χ4n) is 4.30. The summed E-state index contributed by atoms with van der Waals surface area (Å²) in [7, 11) is -9.96. The lowest BCUT2D eigenvalue weighted by Gasteiger charge is -2.15. The number of ether oxygens (including phenoxy) is 1. The molecule has 0 unspecified atom stereocenters. The second kappa shape index (κ2) is 11.9. The maximum atomic E-state index is 13.0. The fourth-order valence-corrected chi connectivity index (χ4v) is 5.50. The molecule has 44 heavy (non-hydrogen) atoms. The third kappa shape index (κ3) is 6.43. The average Bonchev–Trinajstić information content (AvgIpc) is 2.97. The molecule has 5 aromatic rings. The Bertz CT molecular complexity index is 2170. The molecule has 0 aliphatic rings. The van der Waals surface area contributed by atoms with Crippen LogP contribution in [-0.4, -0.2) is 37.0 Å². The minimum Gasteiger partial charge on any atom is -0.505 e. The number of anilines is 1. The van der Waals surface area contributed by atoms with E-state index in [-0.39, 0.29) is 33.5 Å². The van der Waals surface area contributed by atoms with Crippen LogP contribution in [0.5, 0.6) is 17.2 Å². The molecule has 0 spiro atoms. The topological polar surface area (TPSA) is 192 Å². The molecule has 224 valence electrons. The molecule has 0 saturated carbocycles. The average molecular weight is 634 g/mol. The third-order valence-corrected chi connectivity index (χ3v) is 8.12. The Balaban J connectivity index is 1.70. The number of nitrogens with zero attached hydrogens (tertiary/aromatic N) is 2. The fraction of sp³-hybridized carbons (Fsp3) is 0.0333. The summed E-state index contributed by atoms with van der Waals surface area (Å²) in [4.78, 5) is 11.3. The SMILES string of the molecule is Cc1ccccc1Oc1ccccc1N=Nc1c(S(=O)(=O)O)cc2cc(S(=O)(=O)O)cc(NC(=O)c3ccccc3)c2c1O. The van der Waals surface area contributed by atoms with E-state index in [1.165, 1.54) is 18.2 Å². The highest BCUT2D eigenvalue weighted by Gasteiger charge is 2.26. The number of carbonyl (C=O) groups excluding carboxylic acids is 1. The molecule has 0 radical (unpaired) electrons. The molecule has 0 atom stereocenters. The van der Waals surface area contributed by atoms with Gasteiger partial charge in [0, 0.05) is 10.9 Å². The van der Waals surface area contributed by atoms with Crippen molar-refractivity contribution >= 4 is 54.0 Å². The van der Waals surface area contributed by atoms with Crippen LogP contribution < -0.4 is 10.1 Å². The standard InChI is InChI=1S/C30H23N3O9S2/c1-18-9-5-7-13-24(18)42-25-14-8-6-12-22(25)32-33-28-26(44(39,40)41)16-20-15-21(43(36,37)38)17-23(27(20)29(28)34)31-30(35)19-10-3-2-4-11-19/h2-17,34H,1H3,(H,31,35)(H,36,37,38)(H,39,40,41). The molecule has 0 heterocycles. The number of aromatic hydroxyl groups is 1. The number of carbonyl (C=O) groups is 1. The Morgan fingerprint density at radius 1 is 0.773 bits per heavy atom. The van der Waals surface area contributed by atoms with Crippen molar-refractivity contribution in [2.45, 2.75) is 16.7 Å². The van der Waals surface area contributed by atoms with Crippen molar-refractivity contribution in [3.05, 3.63) is 108 Å². The van der Waals surface area contributed by atoms with Crippen LogP contribution in [0.1, 0.15) is 15.9 Å². The van der Waals surface area contributed by atoms with Crippen LogP contribution >= 0.6 is 0 Å². The van der Waals surface area contributed by atoms with E-state index in [1.54, 1.807) is 48.5 Å². The lowest BCUT2D eigenvalue weighted by Crippen LogP contribution is -2.13. The van der Waals surface area contributed by atoms with E-state index in [2.05, 4.69) is 15.5 Å². The highest BCUT2D eigenvalue weighted by Crippen LogP contribution is 2.46.